The van der Waals surface area contributed by atoms with Gasteiger partial charge in [0.15, 0.2) is 0 Å². The first-order valence-electron chi connectivity index (χ1n) is 6.40. The highest BCUT2D eigenvalue weighted by atomic mass is 79.9. The normalized spacial score (nSPS) is 15.7. The SMILES string of the molecule is CCCNC(c1sccc1Br)C(OC)C(C)(C)C. The average Bonchev–Trinajstić information content (AvgIpc) is 2.68. The van der Waals surface area contributed by atoms with Gasteiger partial charge in [-0.2, -0.15) is 0 Å². The second-order valence-corrected chi connectivity index (χ2v) is 7.39. The van der Waals surface area contributed by atoms with Gasteiger partial charge in [0.2, 0.25) is 0 Å². The van der Waals surface area contributed by atoms with E-state index < -0.39 is 0 Å². The van der Waals surface area contributed by atoms with Gasteiger partial charge in [-0.05, 0) is 45.8 Å². The minimum absolute atomic E-state index is 0.101. The van der Waals surface area contributed by atoms with E-state index in [1.807, 2.05) is 0 Å². The van der Waals surface area contributed by atoms with Crippen LogP contribution in [0.15, 0.2) is 15.9 Å². The fourth-order valence-electron chi connectivity index (χ4n) is 2.15. The van der Waals surface area contributed by atoms with Crippen LogP contribution in [0.3, 0.4) is 0 Å². The maximum absolute atomic E-state index is 5.78. The third-order valence-corrected chi connectivity index (χ3v) is 4.91. The van der Waals surface area contributed by atoms with Gasteiger partial charge < -0.3 is 10.1 Å². The van der Waals surface area contributed by atoms with Crippen molar-refractivity contribution in [2.24, 2.45) is 5.41 Å². The molecule has 0 saturated heterocycles. The van der Waals surface area contributed by atoms with Gasteiger partial charge in [-0.15, -0.1) is 11.3 Å². The predicted octanol–water partition coefficient (Wildman–Crippen LogP) is 4.61. The third kappa shape index (κ3) is 4.05. The lowest BCUT2D eigenvalue weighted by atomic mass is 9.84. The maximum Gasteiger partial charge on any atom is 0.0822 e. The Kier molecular flexibility index (Phi) is 6.31. The molecule has 104 valence electrons. The zero-order valence-corrected chi connectivity index (χ0v) is 14.3. The highest BCUT2D eigenvalue weighted by Gasteiger charge is 2.34. The summed E-state index contributed by atoms with van der Waals surface area (Å²) in [6, 6.07) is 2.35. The molecule has 0 spiro atoms. The zero-order valence-electron chi connectivity index (χ0n) is 11.9. The van der Waals surface area contributed by atoms with Gasteiger partial charge >= 0.3 is 0 Å². The lowest BCUT2D eigenvalue weighted by molar-refractivity contribution is -0.0112. The Morgan fingerprint density at radius 2 is 2.11 bits per heavy atom. The van der Waals surface area contributed by atoms with E-state index in [9.17, 15) is 0 Å². The summed E-state index contributed by atoms with van der Waals surface area (Å²) in [5.74, 6) is 0. The van der Waals surface area contributed by atoms with E-state index in [0.29, 0.717) is 0 Å². The summed E-state index contributed by atoms with van der Waals surface area (Å²) in [7, 11) is 1.80. The Bertz CT molecular complexity index is 359. The molecule has 1 aromatic heterocycles. The van der Waals surface area contributed by atoms with Gasteiger partial charge in [-0.1, -0.05) is 27.7 Å². The molecular formula is C14H24BrNOS. The summed E-state index contributed by atoms with van der Waals surface area (Å²) in [5.41, 5.74) is 0.101. The van der Waals surface area contributed by atoms with Crippen LogP contribution in [0.4, 0.5) is 0 Å². The molecule has 1 rings (SSSR count). The number of hydrogen-bond acceptors (Lipinski definition) is 3. The smallest absolute Gasteiger partial charge is 0.0822 e. The number of nitrogens with one attached hydrogen (secondary N) is 1. The number of rotatable bonds is 6. The van der Waals surface area contributed by atoms with Gasteiger partial charge in [-0.3, -0.25) is 0 Å². The largest absolute Gasteiger partial charge is 0.379 e. The molecule has 18 heavy (non-hydrogen) atoms. The summed E-state index contributed by atoms with van der Waals surface area (Å²) in [6.07, 6.45) is 1.28. The quantitative estimate of drug-likeness (QED) is 0.820. The molecule has 4 heteroatoms. The summed E-state index contributed by atoms with van der Waals surface area (Å²) in [4.78, 5) is 1.32. The molecule has 1 N–H and O–H groups in total. The van der Waals surface area contributed by atoms with Crippen molar-refractivity contribution in [2.45, 2.75) is 46.3 Å². The number of hydrogen-bond donors (Lipinski definition) is 1. The van der Waals surface area contributed by atoms with Crippen LogP contribution in [0.5, 0.6) is 0 Å². The molecular weight excluding hydrogens is 310 g/mol. The number of thiophene rings is 1. The van der Waals surface area contributed by atoms with Crippen molar-refractivity contribution in [3.8, 4) is 0 Å². The van der Waals surface area contributed by atoms with Crippen LogP contribution in [-0.4, -0.2) is 19.8 Å². The van der Waals surface area contributed by atoms with E-state index in [-0.39, 0.29) is 17.6 Å². The van der Waals surface area contributed by atoms with Crippen LogP contribution >= 0.6 is 27.3 Å². The lowest BCUT2D eigenvalue weighted by Crippen LogP contribution is -2.41. The van der Waals surface area contributed by atoms with Gasteiger partial charge in [-0.25, -0.2) is 0 Å². The first-order valence-corrected chi connectivity index (χ1v) is 8.08. The summed E-state index contributed by atoms with van der Waals surface area (Å²) < 4.78 is 6.95. The fourth-order valence-corrected chi connectivity index (χ4v) is 3.87. The van der Waals surface area contributed by atoms with Crippen LogP contribution in [-0.2, 0) is 4.74 Å². The molecule has 2 unspecified atom stereocenters. The van der Waals surface area contributed by atoms with Crippen LogP contribution in [0.2, 0.25) is 0 Å². The zero-order chi connectivity index (χ0) is 13.8. The van der Waals surface area contributed by atoms with E-state index in [1.165, 1.54) is 9.35 Å². The molecule has 0 aromatic carbocycles. The van der Waals surface area contributed by atoms with Gasteiger partial charge in [0.1, 0.15) is 0 Å². The van der Waals surface area contributed by atoms with Crippen molar-refractivity contribution in [1.82, 2.24) is 5.32 Å². The molecule has 0 fully saturated rings. The van der Waals surface area contributed by atoms with E-state index in [1.54, 1.807) is 18.4 Å². The average molecular weight is 334 g/mol. The summed E-state index contributed by atoms with van der Waals surface area (Å²) in [6.45, 7) is 9.87. The number of methoxy groups -OCH3 is 1. The van der Waals surface area contributed by atoms with Gasteiger partial charge in [0.05, 0.1) is 12.1 Å². The second kappa shape index (κ2) is 7.04. The molecule has 0 aliphatic heterocycles. The Labute approximate surface area is 123 Å². The van der Waals surface area contributed by atoms with E-state index in [0.717, 1.165) is 13.0 Å². The predicted molar refractivity (Wildman–Crippen MR) is 83.3 cm³/mol. The standard InChI is InChI=1S/C14H24BrNOS/c1-6-8-16-11(12-10(15)7-9-18-12)13(17-5)14(2,3)4/h7,9,11,13,16H,6,8H2,1-5H3. The minimum Gasteiger partial charge on any atom is -0.379 e. The molecule has 0 amide bonds. The Morgan fingerprint density at radius 3 is 2.50 bits per heavy atom. The molecule has 0 saturated carbocycles. The molecule has 0 aliphatic carbocycles. The van der Waals surface area contributed by atoms with E-state index >= 15 is 0 Å². The van der Waals surface area contributed by atoms with E-state index in [4.69, 9.17) is 4.74 Å². The molecule has 2 atom stereocenters. The first-order chi connectivity index (χ1) is 8.41. The highest BCUT2D eigenvalue weighted by Crippen LogP contribution is 2.38. The molecule has 2 nitrogen and oxygen atoms in total. The third-order valence-electron chi connectivity index (χ3n) is 2.95. The van der Waals surface area contributed by atoms with Crippen LogP contribution in [0.1, 0.15) is 45.0 Å². The van der Waals surface area contributed by atoms with Crippen molar-refractivity contribution < 1.29 is 4.74 Å². The van der Waals surface area contributed by atoms with Gasteiger partial charge in [0.25, 0.3) is 0 Å². The molecule has 1 aromatic rings. The van der Waals surface area contributed by atoms with Crippen molar-refractivity contribution >= 4 is 27.3 Å². The lowest BCUT2D eigenvalue weighted by Gasteiger charge is -2.36. The molecule has 0 bridgehead atoms. The Morgan fingerprint density at radius 1 is 1.44 bits per heavy atom. The van der Waals surface area contributed by atoms with Crippen molar-refractivity contribution in [1.29, 1.82) is 0 Å². The minimum atomic E-state index is 0.101. The van der Waals surface area contributed by atoms with Crippen LogP contribution in [0, 0.1) is 5.41 Å². The van der Waals surface area contributed by atoms with Crippen LogP contribution in [0.25, 0.3) is 0 Å². The highest BCUT2D eigenvalue weighted by molar-refractivity contribution is 9.10. The topological polar surface area (TPSA) is 21.3 Å². The fraction of sp³-hybridized carbons (Fsp3) is 0.714. The number of ether oxygens (including phenoxy) is 1. The Balaban J connectivity index is 3.00. The van der Waals surface area contributed by atoms with Crippen molar-refractivity contribution in [3.05, 3.63) is 20.8 Å². The summed E-state index contributed by atoms with van der Waals surface area (Å²) >= 11 is 5.42. The molecule has 1 heterocycles. The Hall–Kier alpha value is 0.1000. The number of halogens is 1. The van der Waals surface area contributed by atoms with Crippen molar-refractivity contribution in [2.75, 3.05) is 13.7 Å². The van der Waals surface area contributed by atoms with Crippen molar-refractivity contribution in [3.63, 3.8) is 0 Å². The molecule has 0 aliphatic rings. The molecule has 0 radical (unpaired) electrons. The summed E-state index contributed by atoms with van der Waals surface area (Å²) in [5, 5.41) is 5.75. The van der Waals surface area contributed by atoms with E-state index in [2.05, 4.69) is 60.4 Å². The van der Waals surface area contributed by atoms with Gasteiger partial charge in [0, 0.05) is 16.5 Å². The monoisotopic (exact) mass is 333 g/mol. The maximum atomic E-state index is 5.78. The first kappa shape index (κ1) is 16.2. The second-order valence-electron chi connectivity index (χ2n) is 5.59. The van der Waals surface area contributed by atoms with Crippen LogP contribution < -0.4 is 5.32 Å².